The van der Waals surface area contributed by atoms with E-state index in [0.717, 1.165) is 18.7 Å². The second-order valence-corrected chi connectivity index (χ2v) is 9.26. The topological polar surface area (TPSA) is 88.4 Å². The molecule has 1 aromatic carbocycles. The third-order valence-corrected chi connectivity index (χ3v) is 7.51. The van der Waals surface area contributed by atoms with Gasteiger partial charge in [0.15, 0.2) is 0 Å². The van der Waals surface area contributed by atoms with Gasteiger partial charge in [-0.15, -0.1) is 5.10 Å². The monoisotopic (exact) mass is 409 g/mol. The van der Waals surface area contributed by atoms with Crippen LogP contribution in [-0.2, 0) is 21.4 Å². The highest BCUT2D eigenvalue weighted by atomic mass is 35.5. The Hall–Kier alpha value is -1.97. The Kier molecular flexibility index (Phi) is 4.69. The molecule has 10 heteroatoms. The molecule has 3 heterocycles. The van der Waals surface area contributed by atoms with E-state index < -0.39 is 10.0 Å². The normalized spacial score (nSPS) is 18.9. The molecule has 1 amide bonds. The number of carbonyl (C=O) groups excluding carboxylic acids is 1. The standard InChI is InChI=1S/C17H20ClN5O3S/c1-12-15(18)4-2-5-16(12)27(25,26)22-10-14(11-22)23-9-13(19-20-23)8-21-7-3-6-17(21)24/h2,4-5,9,14H,3,6-8,10-11H2,1H3. The van der Waals surface area contributed by atoms with Crippen LogP contribution in [0.3, 0.4) is 0 Å². The van der Waals surface area contributed by atoms with Crippen molar-refractivity contribution in [2.45, 2.75) is 37.2 Å². The molecule has 0 aliphatic carbocycles. The zero-order chi connectivity index (χ0) is 19.2. The number of rotatable bonds is 5. The largest absolute Gasteiger partial charge is 0.337 e. The molecule has 1 aromatic heterocycles. The van der Waals surface area contributed by atoms with Gasteiger partial charge in [-0.25, -0.2) is 13.1 Å². The van der Waals surface area contributed by atoms with Gasteiger partial charge in [0.25, 0.3) is 0 Å². The van der Waals surface area contributed by atoms with Crippen molar-refractivity contribution >= 4 is 27.5 Å². The molecule has 2 aliphatic heterocycles. The van der Waals surface area contributed by atoms with Crippen LogP contribution in [0.5, 0.6) is 0 Å². The summed E-state index contributed by atoms with van der Waals surface area (Å²) < 4.78 is 28.7. The number of hydrogen-bond acceptors (Lipinski definition) is 5. The summed E-state index contributed by atoms with van der Waals surface area (Å²) >= 11 is 6.06. The molecule has 0 spiro atoms. The highest BCUT2D eigenvalue weighted by Crippen LogP contribution is 2.31. The van der Waals surface area contributed by atoms with Crippen LogP contribution in [0.15, 0.2) is 29.3 Å². The van der Waals surface area contributed by atoms with Gasteiger partial charge in [-0.1, -0.05) is 22.9 Å². The first-order valence-corrected chi connectivity index (χ1v) is 10.6. The Morgan fingerprint density at radius 2 is 2.07 bits per heavy atom. The lowest BCUT2D eigenvalue weighted by Gasteiger charge is -2.37. The summed E-state index contributed by atoms with van der Waals surface area (Å²) in [5, 5.41) is 8.67. The van der Waals surface area contributed by atoms with Gasteiger partial charge >= 0.3 is 0 Å². The Labute approximate surface area is 162 Å². The van der Waals surface area contributed by atoms with Gasteiger partial charge in [-0.2, -0.15) is 4.31 Å². The van der Waals surface area contributed by atoms with Crippen molar-refractivity contribution in [3.8, 4) is 0 Å². The minimum atomic E-state index is -3.58. The van der Waals surface area contributed by atoms with Gasteiger partial charge in [0, 0.05) is 31.1 Å². The van der Waals surface area contributed by atoms with Crippen molar-refractivity contribution in [3.05, 3.63) is 40.7 Å². The average Bonchev–Trinajstić information content (AvgIpc) is 3.18. The van der Waals surface area contributed by atoms with Crippen LogP contribution in [0, 0.1) is 6.92 Å². The number of halogens is 1. The van der Waals surface area contributed by atoms with E-state index in [4.69, 9.17) is 11.6 Å². The van der Waals surface area contributed by atoms with Crippen molar-refractivity contribution in [1.82, 2.24) is 24.2 Å². The molecule has 0 N–H and O–H groups in total. The van der Waals surface area contributed by atoms with Crippen molar-refractivity contribution in [3.63, 3.8) is 0 Å². The second kappa shape index (κ2) is 6.88. The van der Waals surface area contributed by atoms with E-state index in [-0.39, 0.29) is 16.8 Å². The van der Waals surface area contributed by atoms with Gasteiger partial charge < -0.3 is 4.90 Å². The first kappa shape index (κ1) is 18.4. The zero-order valence-corrected chi connectivity index (χ0v) is 16.4. The fraction of sp³-hybridized carbons (Fsp3) is 0.471. The van der Waals surface area contributed by atoms with Gasteiger partial charge in [0.1, 0.15) is 5.69 Å². The number of amides is 1. The molecule has 144 valence electrons. The number of nitrogens with zero attached hydrogens (tertiary/aromatic N) is 5. The van der Waals surface area contributed by atoms with Crippen LogP contribution < -0.4 is 0 Å². The van der Waals surface area contributed by atoms with E-state index in [1.807, 2.05) is 0 Å². The molecule has 8 nitrogen and oxygen atoms in total. The lowest BCUT2D eigenvalue weighted by Crippen LogP contribution is -2.50. The highest BCUT2D eigenvalue weighted by Gasteiger charge is 2.39. The number of aromatic nitrogens is 3. The summed E-state index contributed by atoms with van der Waals surface area (Å²) in [5.41, 5.74) is 1.28. The molecular formula is C17H20ClN5O3S. The lowest BCUT2D eigenvalue weighted by atomic mass is 10.2. The molecule has 0 saturated carbocycles. The Morgan fingerprint density at radius 3 is 2.78 bits per heavy atom. The number of carbonyl (C=O) groups is 1. The van der Waals surface area contributed by atoms with Crippen LogP contribution in [0.4, 0.5) is 0 Å². The predicted molar refractivity (Wildman–Crippen MR) is 98.7 cm³/mol. The van der Waals surface area contributed by atoms with E-state index in [2.05, 4.69) is 10.3 Å². The van der Waals surface area contributed by atoms with E-state index in [9.17, 15) is 13.2 Å². The molecule has 0 radical (unpaired) electrons. The van der Waals surface area contributed by atoms with Crippen molar-refractivity contribution in [2.75, 3.05) is 19.6 Å². The van der Waals surface area contributed by atoms with Crippen LogP contribution in [-0.4, -0.2) is 58.2 Å². The summed E-state index contributed by atoms with van der Waals surface area (Å²) in [7, 11) is -3.58. The molecule has 2 saturated heterocycles. The van der Waals surface area contributed by atoms with Crippen molar-refractivity contribution in [1.29, 1.82) is 0 Å². The molecule has 0 unspecified atom stereocenters. The minimum Gasteiger partial charge on any atom is -0.337 e. The number of likely N-dealkylation sites (tertiary alicyclic amines) is 1. The fourth-order valence-electron chi connectivity index (χ4n) is 3.42. The van der Waals surface area contributed by atoms with Gasteiger partial charge in [-0.3, -0.25) is 4.79 Å². The second-order valence-electron chi connectivity index (χ2n) is 6.95. The molecular weight excluding hydrogens is 390 g/mol. The van der Waals surface area contributed by atoms with Crippen LogP contribution in [0.25, 0.3) is 0 Å². The number of benzene rings is 1. The minimum absolute atomic E-state index is 0.0604. The first-order chi connectivity index (χ1) is 12.9. The van der Waals surface area contributed by atoms with Crippen molar-refractivity contribution < 1.29 is 13.2 Å². The Balaban J connectivity index is 1.42. The van der Waals surface area contributed by atoms with E-state index in [0.29, 0.717) is 36.6 Å². The maximum atomic E-state index is 12.8. The third kappa shape index (κ3) is 3.35. The quantitative estimate of drug-likeness (QED) is 0.748. The number of sulfonamides is 1. The summed E-state index contributed by atoms with van der Waals surface area (Å²) in [6, 6.07) is 4.83. The molecule has 0 bridgehead atoms. The molecule has 4 rings (SSSR count). The molecule has 0 atom stereocenters. The third-order valence-electron chi connectivity index (χ3n) is 5.12. The first-order valence-electron chi connectivity index (χ1n) is 8.80. The maximum absolute atomic E-state index is 12.8. The molecule has 27 heavy (non-hydrogen) atoms. The lowest BCUT2D eigenvalue weighted by molar-refractivity contribution is -0.128. The smallest absolute Gasteiger partial charge is 0.243 e. The van der Waals surface area contributed by atoms with Gasteiger partial charge in [-0.05, 0) is 31.0 Å². The summed E-state index contributed by atoms with van der Waals surface area (Å²) in [6.45, 7) is 3.57. The summed E-state index contributed by atoms with van der Waals surface area (Å²) in [4.78, 5) is 13.7. The van der Waals surface area contributed by atoms with E-state index in [1.54, 1.807) is 40.9 Å². The molecule has 2 fully saturated rings. The summed E-state index contributed by atoms with van der Waals surface area (Å²) in [6.07, 6.45) is 3.27. The van der Waals surface area contributed by atoms with E-state index in [1.165, 1.54) is 4.31 Å². The Bertz CT molecular complexity index is 984. The maximum Gasteiger partial charge on any atom is 0.243 e. The average molecular weight is 410 g/mol. The van der Waals surface area contributed by atoms with E-state index >= 15 is 0 Å². The van der Waals surface area contributed by atoms with Crippen LogP contribution in [0.1, 0.15) is 30.1 Å². The number of hydrogen-bond donors (Lipinski definition) is 0. The fourth-order valence-corrected chi connectivity index (χ4v) is 5.41. The van der Waals surface area contributed by atoms with Crippen LogP contribution >= 0.6 is 11.6 Å². The molecule has 2 aliphatic rings. The zero-order valence-electron chi connectivity index (χ0n) is 14.9. The van der Waals surface area contributed by atoms with Gasteiger partial charge in [0.2, 0.25) is 15.9 Å². The molecule has 2 aromatic rings. The van der Waals surface area contributed by atoms with Crippen LogP contribution in [0.2, 0.25) is 5.02 Å². The SMILES string of the molecule is Cc1c(Cl)cccc1S(=O)(=O)N1CC(n2cc(CN3CCCC3=O)nn2)C1. The van der Waals surface area contributed by atoms with Crippen molar-refractivity contribution in [2.24, 2.45) is 0 Å². The predicted octanol–water partition coefficient (Wildman–Crippen LogP) is 1.61. The van der Waals surface area contributed by atoms with Gasteiger partial charge in [0.05, 0.1) is 23.7 Å². The summed E-state index contributed by atoms with van der Waals surface area (Å²) in [5.74, 6) is 0.141. The Morgan fingerprint density at radius 1 is 1.30 bits per heavy atom. The highest BCUT2D eigenvalue weighted by molar-refractivity contribution is 7.89.